The maximum Gasteiger partial charge on any atom is 0.245 e. The summed E-state index contributed by atoms with van der Waals surface area (Å²) in [5, 5.41) is 0. The Morgan fingerprint density at radius 2 is 2.22 bits per heavy atom. The molecule has 98 valence electrons. The van der Waals surface area contributed by atoms with E-state index in [1.54, 1.807) is 12.4 Å². The van der Waals surface area contributed by atoms with Crippen LogP contribution in [0.2, 0.25) is 8.67 Å². The van der Waals surface area contributed by atoms with E-state index in [4.69, 9.17) is 23.2 Å². The van der Waals surface area contributed by atoms with E-state index < -0.39 is 10.0 Å². The fourth-order valence-corrected chi connectivity index (χ4v) is 4.59. The first-order valence-corrected chi connectivity index (χ1v) is 7.82. The number of H-pyrrole nitrogens is 1. The molecule has 0 aliphatic rings. The molecule has 18 heavy (non-hydrogen) atoms. The number of halogens is 2. The highest BCUT2D eigenvalue weighted by molar-refractivity contribution is 7.89. The van der Waals surface area contributed by atoms with Crippen LogP contribution in [0.25, 0.3) is 0 Å². The van der Waals surface area contributed by atoms with Crippen molar-refractivity contribution in [1.29, 1.82) is 0 Å². The molecule has 2 heterocycles. The highest BCUT2D eigenvalue weighted by atomic mass is 35.5. The smallest absolute Gasteiger partial charge is 0.245 e. The zero-order valence-corrected chi connectivity index (χ0v) is 12.4. The average Bonchev–Trinajstić information content (AvgIpc) is 2.88. The second-order valence-electron chi connectivity index (χ2n) is 3.49. The van der Waals surface area contributed by atoms with E-state index >= 15 is 0 Å². The number of rotatable bonds is 4. The van der Waals surface area contributed by atoms with Crippen LogP contribution in [0, 0.1) is 0 Å². The summed E-state index contributed by atoms with van der Waals surface area (Å²) in [5.74, 6) is 0.554. The van der Waals surface area contributed by atoms with E-state index in [2.05, 4.69) is 9.97 Å². The standard InChI is InChI=1S/C9H9Cl2N3O2S2/c1-14(5-8-12-2-3-13-8)18(15,16)6-4-7(10)17-9(6)11/h2-4H,5H2,1H3,(H,12,13). The number of imidazole rings is 1. The second kappa shape index (κ2) is 5.18. The summed E-state index contributed by atoms with van der Waals surface area (Å²) in [6.45, 7) is 0.138. The molecule has 0 unspecified atom stereocenters. The predicted molar refractivity (Wildman–Crippen MR) is 71.6 cm³/mol. The Bertz CT molecular complexity index is 637. The number of nitrogens with zero attached hydrogens (tertiary/aromatic N) is 2. The zero-order valence-electron chi connectivity index (χ0n) is 9.22. The lowest BCUT2D eigenvalue weighted by molar-refractivity contribution is 0.458. The molecule has 0 aliphatic heterocycles. The summed E-state index contributed by atoms with van der Waals surface area (Å²) >= 11 is 12.6. The number of thiophene rings is 1. The van der Waals surface area contributed by atoms with E-state index in [0.29, 0.717) is 10.2 Å². The SMILES string of the molecule is CN(Cc1ncc[nH]1)S(=O)(=O)c1cc(Cl)sc1Cl. The van der Waals surface area contributed by atoms with Gasteiger partial charge in [0.25, 0.3) is 0 Å². The number of sulfonamides is 1. The van der Waals surface area contributed by atoms with Crippen LogP contribution in [0.3, 0.4) is 0 Å². The molecule has 2 aromatic rings. The third-order valence-corrected chi connectivity index (χ3v) is 5.80. The minimum atomic E-state index is -3.66. The van der Waals surface area contributed by atoms with Gasteiger partial charge in [-0.1, -0.05) is 23.2 Å². The van der Waals surface area contributed by atoms with Gasteiger partial charge in [0.15, 0.2) is 0 Å². The third kappa shape index (κ3) is 2.70. The Balaban J connectivity index is 2.28. The molecule has 0 spiro atoms. The molecule has 1 N–H and O–H groups in total. The first kappa shape index (κ1) is 13.8. The number of aromatic amines is 1. The molecular weight excluding hydrogens is 317 g/mol. The molecule has 0 radical (unpaired) electrons. The normalized spacial score (nSPS) is 12.2. The summed E-state index contributed by atoms with van der Waals surface area (Å²) in [6, 6.07) is 1.35. The molecule has 0 bridgehead atoms. The molecule has 2 aromatic heterocycles. The molecule has 0 saturated heterocycles. The fraction of sp³-hybridized carbons (Fsp3) is 0.222. The highest BCUT2D eigenvalue weighted by Crippen LogP contribution is 2.35. The quantitative estimate of drug-likeness (QED) is 0.939. The molecule has 2 rings (SSSR count). The minimum absolute atomic E-state index is 0.0215. The van der Waals surface area contributed by atoms with Crippen molar-refractivity contribution in [1.82, 2.24) is 14.3 Å². The van der Waals surface area contributed by atoms with Crippen LogP contribution in [-0.2, 0) is 16.6 Å². The Kier molecular flexibility index (Phi) is 3.98. The molecule has 0 saturated carbocycles. The topological polar surface area (TPSA) is 66.1 Å². The van der Waals surface area contributed by atoms with Crippen molar-refractivity contribution >= 4 is 44.6 Å². The number of hydrogen-bond acceptors (Lipinski definition) is 4. The number of hydrogen-bond donors (Lipinski definition) is 1. The maximum absolute atomic E-state index is 12.2. The lowest BCUT2D eigenvalue weighted by Gasteiger charge is -2.15. The van der Waals surface area contributed by atoms with E-state index in [0.717, 1.165) is 15.6 Å². The van der Waals surface area contributed by atoms with E-state index in [1.807, 2.05) is 0 Å². The van der Waals surface area contributed by atoms with Crippen molar-refractivity contribution in [3.8, 4) is 0 Å². The van der Waals surface area contributed by atoms with Gasteiger partial charge in [-0.05, 0) is 6.07 Å². The van der Waals surface area contributed by atoms with Crippen LogP contribution in [0.1, 0.15) is 5.82 Å². The molecule has 5 nitrogen and oxygen atoms in total. The summed E-state index contributed by atoms with van der Waals surface area (Å²) in [5.41, 5.74) is 0. The van der Waals surface area contributed by atoms with Crippen LogP contribution in [0.5, 0.6) is 0 Å². The second-order valence-corrected chi connectivity index (χ2v) is 7.78. The largest absolute Gasteiger partial charge is 0.347 e. The monoisotopic (exact) mass is 325 g/mol. The van der Waals surface area contributed by atoms with Crippen LogP contribution in [0.4, 0.5) is 0 Å². The number of aromatic nitrogens is 2. The average molecular weight is 326 g/mol. The highest BCUT2D eigenvalue weighted by Gasteiger charge is 2.26. The van der Waals surface area contributed by atoms with Gasteiger partial charge in [0.1, 0.15) is 15.1 Å². The molecule has 0 aliphatic carbocycles. The lowest BCUT2D eigenvalue weighted by Crippen LogP contribution is -2.26. The van der Waals surface area contributed by atoms with Crippen molar-refractivity contribution in [2.45, 2.75) is 11.4 Å². The van der Waals surface area contributed by atoms with Gasteiger partial charge in [0, 0.05) is 19.4 Å². The van der Waals surface area contributed by atoms with Crippen molar-refractivity contribution in [3.63, 3.8) is 0 Å². The van der Waals surface area contributed by atoms with E-state index in [1.165, 1.54) is 13.1 Å². The Labute approximate surface area is 118 Å². The summed E-state index contributed by atoms with van der Waals surface area (Å²) < 4.78 is 26.1. The van der Waals surface area contributed by atoms with Gasteiger partial charge in [0.05, 0.1) is 10.9 Å². The predicted octanol–water partition coefficient (Wildman–Crippen LogP) is 2.60. The maximum atomic E-state index is 12.2. The van der Waals surface area contributed by atoms with Gasteiger partial charge in [-0.25, -0.2) is 13.4 Å². The van der Waals surface area contributed by atoms with Crippen molar-refractivity contribution < 1.29 is 8.42 Å². The summed E-state index contributed by atoms with van der Waals surface area (Å²) in [7, 11) is -2.20. The van der Waals surface area contributed by atoms with Gasteiger partial charge in [-0.3, -0.25) is 0 Å². The van der Waals surface area contributed by atoms with Gasteiger partial charge < -0.3 is 4.98 Å². The Hall–Kier alpha value is -0.600. The molecule has 0 amide bonds. The van der Waals surface area contributed by atoms with Gasteiger partial charge >= 0.3 is 0 Å². The molecule has 9 heteroatoms. The van der Waals surface area contributed by atoms with Gasteiger partial charge in [0.2, 0.25) is 10.0 Å². The Morgan fingerprint density at radius 3 is 2.72 bits per heavy atom. The van der Waals surface area contributed by atoms with Crippen molar-refractivity contribution in [3.05, 3.63) is 33.0 Å². The first-order chi connectivity index (χ1) is 8.41. The minimum Gasteiger partial charge on any atom is -0.347 e. The summed E-state index contributed by atoms with van der Waals surface area (Å²) in [4.78, 5) is 6.83. The van der Waals surface area contributed by atoms with Crippen LogP contribution in [0.15, 0.2) is 23.4 Å². The first-order valence-electron chi connectivity index (χ1n) is 4.80. The van der Waals surface area contributed by atoms with Crippen molar-refractivity contribution in [2.24, 2.45) is 0 Å². The van der Waals surface area contributed by atoms with Crippen molar-refractivity contribution in [2.75, 3.05) is 7.05 Å². The molecule has 0 atom stereocenters. The summed E-state index contributed by atoms with van der Waals surface area (Å²) in [6.07, 6.45) is 3.19. The molecule has 0 aromatic carbocycles. The molecular formula is C9H9Cl2N3O2S2. The lowest BCUT2D eigenvalue weighted by atomic mass is 10.6. The van der Waals surface area contributed by atoms with Crippen LogP contribution < -0.4 is 0 Å². The molecule has 0 fully saturated rings. The fourth-order valence-electron chi connectivity index (χ4n) is 1.35. The van der Waals surface area contributed by atoms with E-state index in [-0.39, 0.29) is 15.8 Å². The zero-order chi connectivity index (χ0) is 13.3. The van der Waals surface area contributed by atoms with Gasteiger partial charge in [-0.15, -0.1) is 11.3 Å². The number of nitrogens with one attached hydrogen (secondary N) is 1. The van der Waals surface area contributed by atoms with Gasteiger partial charge in [-0.2, -0.15) is 4.31 Å². The third-order valence-electron chi connectivity index (χ3n) is 2.24. The Morgan fingerprint density at radius 1 is 1.50 bits per heavy atom. The van der Waals surface area contributed by atoms with Crippen LogP contribution in [-0.4, -0.2) is 29.7 Å². The van der Waals surface area contributed by atoms with E-state index in [9.17, 15) is 8.42 Å². The van der Waals surface area contributed by atoms with Crippen LogP contribution >= 0.6 is 34.5 Å².